The van der Waals surface area contributed by atoms with Gasteiger partial charge in [0.2, 0.25) is 0 Å². The molecule has 100 valence electrons. The van der Waals surface area contributed by atoms with E-state index in [0.29, 0.717) is 0 Å². The Morgan fingerprint density at radius 3 is 2.22 bits per heavy atom. The lowest BCUT2D eigenvalue weighted by molar-refractivity contribution is 0.127. The second kappa shape index (κ2) is 6.94. The van der Waals surface area contributed by atoms with E-state index in [9.17, 15) is 0 Å². The Kier molecular flexibility index (Phi) is 5.25. The van der Waals surface area contributed by atoms with Crippen LogP contribution in [0.3, 0.4) is 0 Å². The van der Waals surface area contributed by atoms with Gasteiger partial charge in [-0.05, 0) is 55.1 Å². The molecule has 1 aromatic rings. The molecule has 1 heteroatoms. The molecule has 18 heavy (non-hydrogen) atoms. The van der Waals surface area contributed by atoms with Crippen LogP contribution in [0.15, 0.2) is 24.3 Å². The lowest BCUT2D eigenvalue weighted by Gasteiger charge is -2.07. The van der Waals surface area contributed by atoms with Crippen LogP contribution < -0.4 is 0 Å². The summed E-state index contributed by atoms with van der Waals surface area (Å²) in [6.45, 7) is 6.42. The predicted molar refractivity (Wildman–Crippen MR) is 76.8 cm³/mol. The van der Waals surface area contributed by atoms with Gasteiger partial charge in [-0.15, -0.1) is 0 Å². The molecule has 0 aliphatic heterocycles. The maximum Gasteiger partial charge on any atom is 0.0506 e. The second-order valence-electron chi connectivity index (χ2n) is 6.02. The molecule has 0 bridgehead atoms. The van der Waals surface area contributed by atoms with E-state index in [2.05, 4.69) is 38.1 Å². The van der Waals surface area contributed by atoms with Crippen molar-refractivity contribution in [3.63, 3.8) is 0 Å². The van der Waals surface area contributed by atoms with Gasteiger partial charge in [0.1, 0.15) is 0 Å². The van der Waals surface area contributed by atoms with Crippen LogP contribution >= 0.6 is 0 Å². The SMILES string of the molecule is CC(C)CCc1ccc(CCOCC2CC2)cc1. The molecule has 2 rings (SSSR count). The third-order valence-corrected chi connectivity index (χ3v) is 3.62. The predicted octanol–water partition coefficient (Wildman–Crippen LogP) is 4.24. The maximum absolute atomic E-state index is 5.67. The van der Waals surface area contributed by atoms with Crippen molar-refractivity contribution in [2.75, 3.05) is 13.2 Å². The first-order chi connectivity index (χ1) is 8.74. The number of aryl methyl sites for hydroxylation is 1. The molecule has 0 spiro atoms. The monoisotopic (exact) mass is 246 g/mol. The van der Waals surface area contributed by atoms with Crippen molar-refractivity contribution in [3.8, 4) is 0 Å². The van der Waals surface area contributed by atoms with E-state index < -0.39 is 0 Å². The van der Waals surface area contributed by atoms with E-state index in [1.807, 2.05) is 0 Å². The van der Waals surface area contributed by atoms with Gasteiger partial charge in [-0.1, -0.05) is 38.1 Å². The minimum atomic E-state index is 0.792. The van der Waals surface area contributed by atoms with Gasteiger partial charge < -0.3 is 4.74 Å². The molecule has 0 aromatic heterocycles. The average Bonchev–Trinajstić information content (AvgIpc) is 3.17. The molecule has 1 saturated carbocycles. The summed E-state index contributed by atoms with van der Waals surface area (Å²) in [6, 6.07) is 9.07. The first-order valence-corrected chi connectivity index (χ1v) is 7.39. The molecule has 0 radical (unpaired) electrons. The van der Waals surface area contributed by atoms with Gasteiger partial charge in [0.15, 0.2) is 0 Å². The number of benzene rings is 1. The van der Waals surface area contributed by atoms with Crippen LogP contribution in [0.2, 0.25) is 0 Å². The molecule has 0 heterocycles. The fourth-order valence-electron chi connectivity index (χ4n) is 2.05. The molecule has 1 aromatic carbocycles. The molecule has 0 saturated heterocycles. The third-order valence-electron chi connectivity index (χ3n) is 3.62. The van der Waals surface area contributed by atoms with Gasteiger partial charge in [0, 0.05) is 6.61 Å². The number of rotatable bonds is 8. The highest BCUT2D eigenvalue weighted by atomic mass is 16.5. The Bertz CT molecular complexity index is 335. The Hall–Kier alpha value is -0.820. The minimum absolute atomic E-state index is 0.792. The van der Waals surface area contributed by atoms with Crippen LogP contribution in [0.4, 0.5) is 0 Å². The summed E-state index contributed by atoms with van der Waals surface area (Å²) in [4.78, 5) is 0. The third kappa shape index (κ3) is 5.22. The highest BCUT2D eigenvalue weighted by Crippen LogP contribution is 2.28. The highest BCUT2D eigenvalue weighted by molar-refractivity contribution is 5.22. The van der Waals surface area contributed by atoms with Crippen molar-refractivity contribution in [1.29, 1.82) is 0 Å². The van der Waals surface area contributed by atoms with E-state index in [4.69, 9.17) is 4.74 Å². The van der Waals surface area contributed by atoms with E-state index in [0.717, 1.165) is 31.5 Å². The summed E-state index contributed by atoms with van der Waals surface area (Å²) < 4.78 is 5.67. The van der Waals surface area contributed by atoms with Crippen molar-refractivity contribution < 1.29 is 4.74 Å². The van der Waals surface area contributed by atoms with E-state index >= 15 is 0 Å². The van der Waals surface area contributed by atoms with Crippen LogP contribution in [0, 0.1) is 11.8 Å². The fraction of sp³-hybridized carbons (Fsp3) is 0.647. The number of ether oxygens (including phenoxy) is 1. The minimum Gasteiger partial charge on any atom is -0.381 e. The maximum atomic E-state index is 5.67. The van der Waals surface area contributed by atoms with Crippen molar-refractivity contribution in [2.45, 2.75) is 46.0 Å². The molecule has 1 nitrogen and oxygen atoms in total. The summed E-state index contributed by atoms with van der Waals surface area (Å²) in [6.07, 6.45) is 6.30. The second-order valence-corrected chi connectivity index (χ2v) is 6.02. The van der Waals surface area contributed by atoms with Gasteiger partial charge in [-0.2, -0.15) is 0 Å². The summed E-state index contributed by atoms with van der Waals surface area (Å²) in [5.41, 5.74) is 2.87. The Morgan fingerprint density at radius 1 is 1.06 bits per heavy atom. The highest BCUT2D eigenvalue weighted by Gasteiger charge is 2.20. The lowest BCUT2D eigenvalue weighted by atomic mass is 10.0. The Morgan fingerprint density at radius 2 is 1.67 bits per heavy atom. The van der Waals surface area contributed by atoms with E-state index in [1.165, 1.54) is 36.8 Å². The lowest BCUT2D eigenvalue weighted by Crippen LogP contribution is -2.01. The molecule has 0 atom stereocenters. The Labute approximate surface area is 112 Å². The molecule has 0 unspecified atom stereocenters. The summed E-state index contributed by atoms with van der Waals surface area (Å²) in [5, 5.41) is 0. The summed E-state index contributed by atoms with van der Waals surface area (Å²) in [5.74, 6) is 1.67. The van der Waals surface area contributed by atoms with Crippen molar-refractivity contribution >= 4 is 0 Å². The molecular weight excluding hydrogens is 220 g/mol. The van der Waals surface area contributed by atoms with Crippen LogP contribution in [0.1, 0.15) is 44.2 Å². The zero-order valence-electron chi connectivity index (χ0n) is 11.8. The Balaban J connectivity index is 1.65. The van der Waals surface area contributed by atoms with Crippen LogP contribution in [0.25, 0.3) is 0 Å². The average molecular weight is 246 g/mol. The van der Waals surface area contributed by atoms with Crippen molar-refractivity contribution in [3.05, 3.63) is 35.4 Å². The largest absolute Gasteiger partial charge is 0.381 e. The zero-order chi connectivity index (χ0) is 12.8. The van der Waals surface area contributed by atoms with E-state index in [1.54, 1.807) is 0 Å². The van der Waals surface area contributed by atoms with Gasteiger partial charge in [-0.3, -0.25) is 0 Å². The van der Waals surface area contributed by atoms with Crippen molar-refractivity contribution in [2.24, 2.45) is 11.8 Å². The molecule has 1 aliphatic rings. The molecular formula is C17H26O. The van der Waals surface area contributed by atoms with Crippen molar-refractivity contribution in [1.82, 2.24) is 0 Å². The topological polar surface area (TPSA) is 9.23 Å². The standard InChI is InChI=1S/C17H26O/c1-14(2)3-4-15-5-7-16(8-6-15)11-12-18-13-17-9-10-17/h5-8,14,17H,3-4,9-13H2,1-2H3. The van der Waals surface area contributed by atoms with Crippen LogP contribution in [-0.4, -0.2) is 13.2 Å². The van der Waals surface area contributed by atoms with Gasteiger partial charge in [0.25, 0.3) is 0 Å². The zero-order valence-corrected chi connectivity index (χ0v) is 11.8. The first kappa shape index (κ1) is 13.6. The normalized spacial score (nSPS) is 15.3. The van der Waals surface area contributed by atoms with Gasteiger partial charge >= 0.3 is 0 Å². The number of hydrogen-bond donors (Lipinski definition) is 0. The van der Waals surface area contributed by atoms with Gasteiger partial charge in [0.05, 0.1) is 6.61 Å². The quantitative estimate of drug-likeness (QED) is 0.623. The molecule has 1 fully saturated rings. The summed E-state index contributed by atoms with van der Waals surface area (Å²) in [7, 11) is 0. The first-order valence-electron chi connectivity index (χ1n) is 7.39. The molecule has 0 amide bonds. The fourth-order valence-corrected chi connectivity index (χ4v) is 2.05. The number of hydrogen-bond acceptors (Lipinski definition) is 1. The summed E-state index contributed by atoms with van der Waals surface area (Å²) >= 11 is 0. The van der Waals surface area contributed by atoms with E-state index in [-0.39, 0.29) is 0 Å². The van der Waals surface area contributed by atoms with Gasteiger partial charge in [-0.25, -0.2) is 0 Å². The molecule has 1 aliphatic carbocycles. The molecule has 0 N–H and O–H groups in total. The van der Waals surface area contributed by atoms with Crippen LogP contribution in [0.5, 0.6) is 0 Å². The van der Waals surface area contributed by atoms with Crippen LogP contribution in [-0.2, 0) is 17.6 Å². The smallest absolute Gasteiger partial charge is 0.0506 e.